The first-order valence-electron chi connectivity index (χ1n) is 7.54. The van der Waals surface area contributed by atoms with E-state index < -0.39 is 29.8 Å². The van der Waals surface area contributed by atoms with E-state index in [1.807, 2.05) is 0 Å². The third kappa shape index (κ3) is 3.21. The molecular formula is C16H14F3N3O3. The van der Waals surface area contributed by atoms with Crippen LogP contribution in [0.1, 0.15) is 28.9 Å². The molecule has 1 atom stereocenters. The largest absolute Gasteiger partial charge is 0.480 e. The highest BCUT2D eigenvalue weighted by Gasteiger charge is 2.36. The van der Waals surface area contributed by atoms with Gasteiger partial charge in [0.25, 0.3) is 5.91 Å². The molecule has 1 N–H and O–H groups in total. The zero-order chi connectivity index (χ0) is 18.2. The molecule has 6 nitrogen and oxygen atoms in total. The molecule has 9 heteroatoms. The second-order valence-electron chi connectivity index (χ2n) is 5.67. The van der Waals surface area contributed by atoms with Gasteiger partial charge in [0.05, 0.1) is 11.9 Å². The predicted octanol–water partition coefficient (Wildman–Crippen LogP) is 2.58. The average Bonchev–Trinajstić information content (AvgIpc) is 3.23. The first-order valence-corrected chi connectivity index (χ1v) is 7.54. The molecule has 1 saturated heterocycles. The van der Waals surface area contributed by atoms with Crippen LogP contribution in [0.2, 0.25) is 0 Å². The molecule has 0 bridgehead atoms. The summed E-state index contributed by atoms with van der Waals surface area (Å²) in [6.07, 6.45) is -2.63. The summed E-state index contributed by atoms with van der Waals surface area (Å²) in [7, 11) is 0. The number of carboxylic acids is 1. The van der Waals surface area contributed by atoms with Gasteiger partial charge in [-0.15, -0.1) is 0 Å². The highest BCUT2D eigenvalue weighted by Crippen LogP contribution is 2.31. The quantitative estimate of drug-likeness (QED) is 0.920. The molecule has 1 aromatic carbocycles. The number of nitrogens with zero attached hydrogens (tertiary/aromatic N) is 3. The number of benzene rings is 1. The zero-order valence-corrected chi connectivity index (χ0v) is 12.9. The Morgan fingerprint density at radius 2 is 2.00 bits per heavy atom. The molecule has 1 aliphatic heterocycles. The topological polar surface area (TPSA) is 75.4 Å². The smallest absolute Gasteiger partial charge is 0.433 e. The SMILES string of the molecule is O=C(O)[C@@H]1CCCN1C(=O)c1cccc(-n2nccc2C(F)(F)F)c1. The highest BCUT2D eigenvalue weighted by molar-refractivity contribution is 5.97. The maximum absolute atomic E-state index is 13.0. The van der Waals surface area contributed by atoms with Crippen LogP contribution in [0.15, 0.2) is 36.5 Å². The number of amides is 1. The van der Waals surface area contributed by atoms with E-state index in [2.05, 4.69) is 5.10 Å². The van der Waals surface area contributed by atoms with Crippen LogP contribution >= 0.6 is 0 Å². The van der Waals surface area contributed by atoms with Crippen molar-refractivity contribution in [1.29, 1.82) is 0 Å². The van der Waals surface area contributed by atoms with Gasteiger partial charge in [0.1, 0.15) is 11.7 Å². The van der Waals surface area contributed by atoms with Crippen LogP contribution in [-0.2, 0) is 11.0 Å². The summed E-state index contributed by atoms with van der Waals surface area (Å²) in [5.74, 6) is -1.61. The third-order valence-corrected chi connectivity index (χ3v) is 4.07. The van der Waals surface area contributed by atoms with Gasteiger partial charge in [-0.1, -0.05) is 6.07 Å². The van der Waals surface area contributed by atoms with Crippen LogP contribution in [0.5, 0.6) is 0 Å². The van der Waals surface area contributed by atoms with Gasteiger partial charge in [0.15, 0.2) is 0 Å². The lowest BCUT2D eigenvalue weighted by molar-refractivity contribution is -0.143. The fourth-order valence-electron chi connectivity index (χ4n) is 2.93. The predicted molar refractivity (Wildman–Crippen MR) is 80.3 cm³/mol. The van der Waals surface area contributed by atoms with Crippen molar-refractivity contribution in [2.75, 3.05) is 6.54 Å². The molecule has 1 amide bonds. The first kappa shape index (κ1) is 17.0. The molecular weight excluding hydrogens is 339 g/mol. The normalized spacial score (nSPS) is 17.7. The number of carbonyl (C=O) groups excluding carboxylic acids is 1. The second-order valence-corrected chi connectivity index (χ2v) is 5.67. The Morgan fingerprint density at radius 1 is 1.24 bits per heavy atom. The van der Waals surface area contributed by atoms with Crippen molar-refractivity contribution in [3.63, 3.8) is 0 Å². The van der Waals surface area contributed by atoms with Crippen molar-refractivity contribution in [2.24, 2.45) is 0 Å². The summed E-state index contributed by atoms with van der Waals surface area (Å²) in [6, 6.07) is 5.50. The lowest BCUT2D eigenvalue weighted by atomic mass is 10.1. The van der Waals surface area contributed by atoms with Gasteiger partial charge in [-0.25, -0.2) is 9.48 Å². The van der Waals surface area contributed by atoms with Gasteiger partial charge in [-0.3, -0.25) is 4.79 Å². The number of carbonyl (C=O) groups is 2. The number of halogens is 3. The van der Waals surface area contributed by atoms with Crippen LogP contribution in [0.25, 0.3) is 5.69 Å². The van der Waals surface area contributed by atoms with Crippen LogP contribution in [-0.4, -0.2) is 44.3 Å². The Hall–Kier alpha value is -2.84. The molecule has 0 spiro atoms. The van der Waals surface area contributed by atoms with Crippen molar-refractivity contribution >= 4 is 11.9 Å². The number of aliphatic carboxylic acids is 1. The lowest BCUT2D eigenvalue weighted by Gasteiger charge is -2.21. The molecule has 2 aromatic rings. The van der Waals surface area contributed by atoms with E-state index >= 15 is 0 Å². The van der Waals surface area contributed by atoms with Crippen molar-refractivity contribution in [3.05, 3.63) is 47.8 Å². The minimum Gasteiger partial charge on any atom is -0.480 e. The van der Waals surface area contributed by atoms with Crippen molar-refractivity contribution < 1.29 is 27.9 Å². The van der Waals surface area contributed by atoms with Gasteiger partial charge in [-0.05, 0) is 37.1 Å². The average molecular weight is 353 g/mol. The molecule has 0 unspecified atom stereocenters. The highest BCUT2D eigenvalue weighted by atomic mass is 19.4. The molecule has 25 heavy (non-hydrogen) atoms. The number of hydrogen-bond acceptors (Lipinski definition) is 3. The van der Waals surface area contributed by atoms with Gasteiger partial charge >= 0.3 is 12.1 Å². The van der Waals surface area contributed by atoms with Crippen LogP contribution in [0, 0.1) is 0 Å². The van der Waals surface area contributed by atoms with Crippen molar-refractivity contribution in [1.82, 2.24) is 14.7 Å². The lowest BCUT2D eigenvalue weighted by Crippen LogP contribution is -2.40. The Bertz CT molecular complexity index is 816. The standard InChI is InChI=1S/C16H14F3N3O3/c17-16(18,19)13-6-7-20-22(13)11-4-1-3-10(9-11)14(23)21-8-2-5-12(21)15(24)25/h1,3-4,6-7,9,12H,2,5,8H2,(H,24,25)/t12-/m0/s1. The van der Waals surface area contributed by atoms with Gasteiger partial charge in [0, 0.05) is 12.1 Å². The zero-order valence-electron chi connectivity index (χ0n) is 12.9. The maximum Gasteiger partial charge on any atom is 0.433 e. The Morgan fingerprint density at radius 3 is 2.68 bits per heavy atom. The van der Waals surface area contributed by atoms with E-state index in [0.29, 0.717) is 24.1 Å². The number of hydrogen-bond donors (Lipinski definition) is 1. The molecule has 2 heterocycles. The van der Waals surface area contributed by atoms with E-state index in [1.54, 1.807) is 0 Å². The number of carboxylic acid groups (broad SMARTS) is 1. The monoisotopic (exact) mass is 353 g/mol. The molecule has 1 aliphatic rings. The molecule has 0 radical (unpaired) electrons. The molecule has 0 saturated carbocycles. The maximum atomic E-state index is 13.0. The molecule has 132 valence electrons. The van der Waals surface area contributed by atoms with Crippen molar-refractivity contribution in [2.45, 2.75) is 25.1 Å². The summed E-state index contributed by atoms with van der Waals surface area (Å²) in [6.45, 7) is 0.301. The Labute approximate surface area is 140 Å². The van der Waals surface area contributed by atoms with Crippen LogP contribution < -0.4 is 0 Å². The van der Waals surface area contributed by atoms with E-state index in [9.17, 15) is 27.9 Å². The summed E-state index contributed by atoms with van der Waals surface area (Å²) in [4.78, 5) is 25.0. The Balaban J connectivity index is 1.94. The van der Waals surface area contributed by atoms with Gasteiger partial charge < -0.3 is 10.0 Å². The molecule has 1 fully saturated rings. The minimum atomic E-state index is -4.58. The molecule has 1 aromatic heterocycles. The van der Waals surface area contributed by atoms with Gasteiger partial charge in [-0.2, -0.15) is 18.3 Å². The molecule has 0 aliphatic carbocycles. The van der Waals surface area contributed by atoms with E-state index in [1.165, 1.54) is 29.2 Å². The summed E-state index contributed by atoms with van der Waals surface area (Å²) in [5.41, 5.74) is -0.759. The minimum absolute atomic E-state index is 0.0780. The van der Waals surface area contributed by atoms with Crippen molar-refractivity contribution in [3.8, 4) is 5.69 Å². The fourth-order valence-corrected chi connectivity index (χ4v) is 2.93. The summed E-state index contributed by atoms with van der Waals surface area (Å²) >= 11 is 0. The van der Waals surface area contributed by atoms with Crippen LogP contribution in [0.4, 0.5) is 13.2 Å². The fraction of sp³-hybridized carbons (Fsp3) is 0.312. The third-order valence-electron chi connectivity index (χ3n) is 4.07. The van der Waals surface area contributed by atoms with E-state index in [0.717, 1.165) is 12.3 Å². The molecule has 3 rings (SSSR count). The number of aromatic nitrogens is 2. The Kier molecular flexibility index (Phi) is 4.23. The first-order chi connectivity index (χ1) is 11.8. The number of rotatable bonds is 3. The number of likely N-dealkylation sites (tertiary alicyclic amines) is 1. The van der Waals surface area contributed by atoms with E-state index in [-0.39, 0.29) is 11.3 Å². The summed E-state index contributed by atoms with van der Waals surface area (Å²) < 4.78 is 39.7. The number of alkyl halides is 3. The second kappa shape index (κ2) is 6.23. The summed E-state index contributed by atoms with van der Waals surface area (Å²) in [5, 5.41) is 12.8. The van der Waals surface area contributed by atoms with E-state index in [4.69, 9.17) is 0 Å². The van der Waals surface area contributed by atoms with Gasteiger partial charge in [0.2, 0.25) is 0 Å². The van der Waals surface area contributed by atoms with Crippen LogP contribution in [0.3, 0.4) is 0 Å².